The van der Waals surface area contributed by atoms with Crippen molar-refractivity contribution in [1.82, 2.24) is 4.98 Å². The van der Waals surface area contributed by atoms with E-state index in [-0.39, 0.29) is 0 Å². The number of nitrogens with one attached hydrogen (secondary N) is 1. The Morgan fingerprint density at radius 3 is 3.14 bits per heavy atom. The van der Waals surface area contributed by atoms with Crippen molar-refractivity contribution < 1.29 is 9.47 Å². The van der Waals surface area contributed by atoms with Gasteiger partial charge >= 0.3 is 0 Å². The second-order valence-corrected chi connectivity index (χ2v) is 3.38. The van der Waals surface area contributed by atoms with Gasteiger partial charge in [-0.15, -0.1) is 0 Å². The van der Waals surface area contributed by atoms with Crippen molar-refractivity contribution in [2.45, 2.75) is 6.61 Å². The van der Waals surface area contributed by atoms with E-state index < -0.39 is 0 Å². The summed E-state index contributed by atoms with van der Waals surface area (Å²) in [6.45, 7) is 0.897. The number of anilines is 1. The molecular formula is C9H10N2O2S. The first kappa shape index (κ1) is 9.36. The van der Waals surface area contributed by atoms with Crippen LogP contribution in [-0.4, -0.2) is 23.7 Å². The van der Waals surface area contributed by atoms with E-state index in [1.165, 1.54) is 0 Å². The van der Waals surface area contributed by atoms with Gasteiger partial charge in [0, 0.05) is 6.07 Å². The SMILES string of the molecule is COc1ccc2c(n1)COCC(=S)N2. The number of ether oxygens (including phenoxy) is 2. The van der Waals surface area contributed by atoms with Gasteiger partial charge in [-0.3, -0.25) is 0 Å². The molecule has 0 atom stereocenters. The van der Waals surface area contributed by atoms with Crippen LogP contribution in [0.4, 0.5) is 5.69 Å². The largest absolute Gasteiger partial charge is 0.481 e. The van der Waals surface area contributed by atoms with E-state index >= 15 is 0 Å². The first-order valence-electron chi connectivity index (χ1n) is 4.21. The average molecular weight is 210 g/mol. The summed E-state index contributed by atoms with van der Waals surface area (Å²) in [5.74, 6) is 0.585. The topological polar surface area (TPSA) is 43.4 Å². The predicted molar refractivity (Wildman–Crippen MR) is 56.7 cm³/mol. The second-order valence-electron chi connectivity index (χ2n) is 2.89. The minimum absolute atomic E-state index is 0.439. The fraction of sp³-hybridized carbons (Fsp3) is 0.333. The Balaban J connectivity index is 2.35. The summed E-state index contributed by atoms with van der Waals surface area (Å²) in [5, 5.41) is 3.06. The summed E-state index contributed by atoms with van der Waals surface area (Å²) in [6, 6.07) is 3.68. The highest BCUT2D eigenvalue weighted by Gasteiger charge is 2.12. The van der Waals surface area contributed by atoms with Crippen LogP contribution >= 0.6 is 12.2 Å². The lowest BCUT2D eigenvalue weighted by molar-refractivity contribution is 0.158. The van der Waals surface area contributed by atoms with E-state index in [2.05, 4.69) is 10.3 Å². The summed E-state index contributed by atoms with van der Waals surface area (Å²) in [6.07, 6.45) is 0. The second kappa shape index (κ2) is 3.89. The molecular weight excluding hydrogens is 200 g/mol. The van der Waals surface area contributed by atoms with Crippen LogP contribution in [-0.2, 0) is 11.3 Å². The Bertz CT molecular complexity index is 368. The van der Waals surface area contributed by atoms with Crippen LogP contribution in [0.15, 0.2) is 12.1 Å². The lowest BCUT2D eigenvalue weighted by atomic mass is 10.3. The third-order valence-corrected chi connectivity index (χ3v) is 2.12. The monoisotopic (exact) mass is 210 g/mol. The molecule has 0 radical (unpaired) electrons. The molecule has 2 rings (SSSR count). The number of hydrogen-bond acceptors (Lipinski definition) is 4. The third-order valence-electron chi connectivity index (χ3n) is 1.90. The molecule has 4 nitrogen and oxygen atoms in total. The molecule has 0 spiro atoms. The van der Waals surface area contributed by atoms with Crippen molar-refractivity contribution in [2.24, 2.45) is 0 Å². The zero-order valence-corrected chi connectivity index (χ0v) is 8.56. The van der Waals surface area contributed by atoms with Gasteiger partial charge in [0.2, 0.25) is 5.88 Å². The minimum Gasteiger partial charge on any atom is -0.481 e. The van der Waals surface area contributed by atoms with Crippen molar-refractivity contribution in [2.75, 3.05) is 19.0 Å². The van der Waals surface area contributed by atoms with Crippen LogP contribution < -0.4 is 10.1 Å². The molecule has 0 aromatic carbocycles. The van der Waals surface area contributed by atoms with Gasteiger partial charge in [0.05, 0.1) is 31.7 Å². The van der Waals surface area contributed by atoms with E-state index in [0.29, 0.717) is 24.1 Å². The molecule has 1 N–H and O–H groups in total. The van der Waals surface area contributed by atoms with Gasteiger partial charge in [-0.25, -0.2) is 4.98 Å². The zero-order chi connectivity index (χ0) is 9.97. The summed E-state index contributed by atoms with van der Waals surface area (Å²) in [7, 11) is 1.59. The van der Waals surface area contributed by atoms with E-state index in [1.807, 2.05) is 6.07 Å². The Morgan fingerprint density at radius 1 is 1.50 bits per heavy atom. The van der Waals surface area contributed by atoms with E-state index in [0.717, 1.165) is 11.4 Å². The molecule has 1 aliphatic rings. The van der Waals surface area contributed by atoms with Gasteiger partial charge in [0.1, 0.15) is 4.99 Å². The Labute approximate surface area is 87.2 Å². The van der Waals surface area contributed by atoms with Crippen molar-refractivity contribution >= 4 is 22.9 Å². The van der Waals surface area contributed by atoms with Gasteiger partial charge in [-0.05, 0) is 6.07 Å². The van der Waals surface area contributed by atoms with Crippen molar-refractivity contribution in [1.29, 1.82) is 0 Å². The smallest absolute Gasteiger partial charge is 0.213 e. The fourth-order valence-electron chi connectivity index (χ4n) is 1.25. The number of fused-ring (bicyclic) bond motifs is 1. The average Bonchev–Trinajstić information content (AvgIpc) is 2.37. The lowest BCUT2D eigenvalue weighted by Crippen LogP contribution is -2.12. The maximum atomic E-state index is 5.31. The standard InChI is InChI=1S/C9H10N2O2S/c1-12-8-3-2-6-7(10-8)4-13-5-9(14)11-6/h2-3H,4-5H2,1H3,(H,11,14). The highest BCUT2D eigenvalue weighted by atomic mass is 32.1. The first-order chi connectivity index (χ1) is 6.79. The maximum Gasteiger partial charge on any atom is 0.213 e. The van der Waals surface area contributed by atoms with Crippen molar-refractivity contribution in [3.63, 3.8) is 0 Å². The number of rotatable bonds is 1. The van der Waals surface area contributed by atoms with Crippen molar-refractivity contribution in [3.8, 4) is 5.88 Å². The number of thiocarbonyl (C=S) groups is 1. The summed E-state index contributed by atoms with van der Waals surface area (Å²) < 4.78 is 10.3. The molecule has 0 aliphatic carbocycles. The molecule has 0 saturated carbocycles. The van der Waals surface area contributed by atoms with Gasteiger partial charge in [0.25, 0.3) is 0 Å². The highest BCUT2D eigenvalue weighted by Crippen LogP contribution is 2.20. The van der Waals surface area contributed by atoms with Crippen LogP contribution in [0.3, 0.4) is 0 Å². The fourth-order valence-corrected chi connectivity index (χ4v) is 1.44. The number of nitrogens with zero attached hydrogens (tertiary/aromatic N) is 1. The zero-order valence-electron chi connectivity index (χ0n) is 7.74. The van der Waals surface area contributed by atoms with Crippen LogP contribution in [0, 0.1) is 0 Å². The van der Waals surface area contributed by atoms with Crippen LogP contribution in [0.25, 0.3) is 0 Å². The number of hydrogen-bond donors (Lipinski definition) is 1. The number of methoxy groups -OCH3 is 1. The molecule has 5 heteroatoms. The van der Waals surface area contributed by atoms with Crippen LogP contribution in [0.2, 0.25) is 0 Å². The molecule has 0 saturated heterocycles. The molecule has 0 fully saturated rings. The summed E-state index contributed by atoms with van der Waals surface area (Å²) in [5.41, 5.74) is 1.72. The number of pyridine rings is 1. The predicted octanol–water partition coefficient (Wildman–Crippen LogP) is 1.36. The molecule has 0 unspecified atom stereocenters. The van der Waals surface area contributed by atoms with Gasteiger partial charge < -0.3 is 14.8 Å². The van der Waals surface area contributed by atoms with Gasteiger partial charge in [0.15, 0.2) is 0 Å². The Kier molecular flexibility index (Phi) is 2.60. The molecule has 14 heavy (non-hydrogen) atoms. The Morgan fingerprint density at radius 2 is 2.36 bits per heavy atom. The van der Waals surface area contributed by atoms with E-state index in [1.54, 1.807) is 13.2 Å². The molecule has 2 heterocycles. The molecule has 74 valence electrons. The minimum atomic E-state index is 0.439. The molecule has 1 aliphatic heterocycles. The quantitative estimate of drug-likeness (QED) is 0.709. The van der Waals surface area contributed by atoms with Gasteiger partial charge in [-0.1, -0.05) is 12.2 Å². The van der Waals surface area contributed by atoms with E-state index in [9.17, 15) is 0 Å². The summed E-state index contributed by atoms with van der Waals surface area (Å²) in [4.78, 5) is 4.93. The van der Waals surface area contributed by atoms with Crippen LogP contribution in [0.1, 0.15) is 5.69 Å². The number of aromatic nitrogens is 1. The third kappa shape index (κ3) is 1.83. The molecule has 0 amide bonds. The summed E-state index contributed by atoms with van der Waals surface area (Å²) >= 11 is 5.03. The normalized spacial score (nSPS) is 15.4. The maximum absolute atomic E-state index is 5.31. The van der Waals surface area contributed by atoms with Crippen LogP contribution in [0.5, 0.6) is 5.88 Å². The molecule has 0 bridgehead atoms. The molecule has 1 aromatic heterocycles. The van der Waals surface area contributed by atoms with Crippen molar-refractivity contribution in [3.05, 3.63) is 17.8 Å². The molecule has 1 aromatic rings. The Hall–Kier alpha value is -1.20. The lowest BCUT2D eigenvalue weighted by Gasteiger charge is -2.06. The first-order valence-corrected chi connectivity index (χ1v) is 4.62. The van der Waals surface area contributed by atoms with E-state index in [4.69, 9.17) is 21.7 Å². The highest BCUT2D eigenvalue weighted by molar-refractivity contribution is 7.80. The van der Waals surface area contributed by atoms with Gasteiger partial charge in [-0.2, -0.15) is 0 Å².